The number of aryl methyl sites for hydroxylation is 1. The maximum atomic E-state index is 12.3. The van der Waals surface area contributed by atoms with Crippen LogP contribution in [0, 0.1) is 0 Å². The van der Waals surface area contributed by atoms with Crippen molar-refractivity contribution in [1.82, 2.24) is 13.9 Å². The lowest BCUT2D eigenvalue weighted by atomic mass is 10.3. The first-order valence-electron chi connectivity index (χ1n) is 7.87. The van der Waals surface area contributed by atoms with Crippen molar-refractivity contribution < 1.29 is 17.9 Å². The summed E-state index contributed by atoms with van der Waals surface area (Å²) in [6.07, 6.45) is 0.928. The van der Waals surface area contributed by atoms with Crippen LogP contribution >= 0.6 is 11.8 Å². The molecule has 0 atom stereocenters. The van der Waals surface area contributed by atoms with Crippen molar-refractivity contribution in [3.8, 4) is 0 Å². The summed E-state index contributed by atoms with van der Waals surface area (Å²) in [6.45, 7) is 2.85. The average Bonchev–Trinajstić information content (AvgIpc) is 2.92. The van der Waals surface area contributed by atoms with E-state index in [0.29, 0.717) is 11.3 Å². The predicted octanol–water partition coefficient (Wildman–Crippen LogP) is 2.10. The molecule has 2 rings (SSSR count). The fourth-order valence-electron chi connectivity index (χ4n) is 2.40. The van der Waals surface area contributed by atoms with E-state index >= 15 is 0 Å². The number of imidazole rings is 1. The monoisotopic (exact) mass is 385 g/mol. The fourth-order valence-corrected chi connectivity index (χ4v) is 4.11. The topological polar surface area (TPSA) is 81.5 Å². The quantitative estimate of drug-likeness (QED) is 0.647. The highest BCUT2D eigenvalue weighted by molar-refractivity contribution is 7.99. The second-order valence-corrected chi connectivity index (χ2v) is 8.82. The van der Waals surface area contributed by atoms with Crippen LogP contribution < -0.4 is 0 Å². The summed E-state index contributed by atoms with van der Waals surface area (Å²) in [5.74, 6) is 1.36. The standard InChI is InChI=1S/C16H23N3O4S2/c1-5-8-19-14-7-6-12(25(21,22)18(2)3)9-13(14)17-15(19)10-24-11-16(20)23-4/h6-7,9H,5,8,10-11H2,1-4H3. The summed E-state index contributed by atoms with van der Waals surface area (Å²) in [5.41, 5.74) is 1.54. The summed E-state index contributed by atoms with van der Waals surface area (Å²) < 4.78 is 32.5. The molecule has 0 aliphatic heterocycles. The van der Waals surface area contributed by atoms with E-state index < -0.39 is 10.0 Å². The van der Waals surface area contributed by atoms with Crippen LogP contribution in [0.2, 0.25) is 0 Å². The Morgan fingerprint density at radius 2 is 2.08 bits per heavy atom. The van der Waals surface area contributed by atoms with Gasteiger partial charge in [-0.2, -0.15) is 0 Å². The van der Waals surface area contributed by atoms with Crippen molar-refractivity contribution in [3.63, 3.8) is 0 Å². The lowest BCUT2D eigenvalue weighted by molar-refractivity contribution is -0.137. The van der Waals surface area contributed by atoms with Crippen molar-refractivity contribution in [2.75, 3.05) is 27.0 Å². The molecule has 9 heteroatoms. The van der Waals surface area contributed by atoms with Gasteiger partial charge in [-0.3, -0.25) is 4.79 Å². The Morgan fingerprint density at radius 1 is 1.36 bits per heavy atom. The van der Waals surface area contributed by atoms with Gasteiger partial charge in [-0.15, -0.1) is 11.8 Å². The van der Waals surface area contributed by atoms with Gasteiger partial charge in [0.05, 0.1) is 34.5 Å². The Labute approximate surface area is 152 Å². The Kier molecular flexibility index (Phi) is 6.47. The smallest absolute Gasteiger partial charge is 0.315 e. The second kappa shape index (κ2) is 8.20. The molecule has 0 unspecified atom stereocenters. The van der Waals surface area contributed by atoms with Crippen molar-refractivity contribution in [3.05, 3.63) is 24.0 Å². The largest absolute Gasteiger partial charge is 0.468 e. The fraction of sp³-hybridized carbons (Fsp3) is 0.500. The number of hydrogen-bond donors (Lipinski definition) is 0. The van der Waals surface area contributed by atoms with E-state index in [9.17, 15) is 13.2 Å². The van der Waals surface area contributed by atoms with Crippen LogP contribution in [0.15, 0.2) is 23.1 Å². The molecule has 0 saturated carbocycles. The highest BCUT2D eigenvalue weighted by Gasteiger charge is 2.19. The molecule has 0 N–H and O–H groups in total. The van der Waals surface area contributed by atoms with Crippen molar-refractivity contribution >= 4 is 38.8 Å². The van der Waals surface area contributed by atoms with Gasteiger partial charge in [0.25, 0.3) is 0 Å². The first-order chi connectivity index (χ1) is 11.8. The summed E-state index contributed by atoms with van der Waals surface area (Å²) in [7, 11) is 0.873. The number of fused-ring (bicyclic) bond motifs is 1. The SMILES string of the molecule is CCCn1c(CSCC(=O)OC)nc2cc(S(=O)(=O)N(C)C)ccc21. The van der Waals surface area contributed by atoms with Gasteiger partial charge in [0, 0.05) is 20.6 Å². The molecule has 0 amide bonds. The van der Waals surface area contributed by atoms with E-state index in [0.717, 1.165) is 24.3 Å². The van der Waals surface area contributed by atoms with Crippen molar-refractivity contribution in [1.29, 1.82) is 0 Å². The molecule has 1 aromatic heterocycles. The Balaban J connectivity index is 2.38. The van der Waals surface area contributed by atoms with E-state index in [4.69, 9.17) is 0 Å². The van der Waals surface area contributed by atoms with Crippen LogP contribution in [0.3, 0.4) is 0 Å². The second-order valence-electron chi connectivity index (χ2n) is 5.69. The lowest BCUT2D eigenvalue weighted by Gasteiger charge is -2.11. The van der Waals surface area contributed by atoms with Gasteiger partial charge in [-0.25, -0.2) is 17.7 Å². The zero-order valence-electron chi connectivity index (χ0n) is 14.9. The summed E-state index contributed by atoms with van der Waals surface area (Å²) in [4.78, 5) is 16.1. The number of sulfonamides is 1. The molecule has 0 aliphatic rings. The molecular formula is C16H23N3O4S2. The number of methoxy groups -OCH3 is 1. The van der Waals surface area contributed by atoms with E-state index in [2.05, 4.69) is 21.2 Å². The first-order valence-corrected chi connectivity index (χ1v) is 10.5. The summed E-state index contributed by atoms with van der Waals surface area (Å²) in [6, 6.07) is 5.00. The van der Waals surface area contributed by atoms with E-state index in [-0.39, 0.29) is 16.6 Å². The summed E-state index contributed by atoms with van der Waals surface area (Å²) >= 11 is 1.42. The Morgan fingerprint density at radius 3 is 2.68 bits per heavy atom. The van der Waals surface area contributed by atoms with Gasteiger partial charge in [0.1, 0.15) is 5.82 Å². The van der Waals surface area contributed by atoms with Gasteiger partial charge in [-0.05, 0) is 24.6 Å². The molecule has 7 nitrogen and oxygen atoms in total. The average molecular weight is 386 g/mol. The molecular weight excluding hydrogens is 362 g/mol. The third-order valence-corrected chi connectivity index (χ3v) is 6.42. The molecule has 0 spiro atoms. The molecule has 138 valence electrons. The molecule has 0 radical (unpaired) electrons. The number of thioether (sulfide) groups is 1. The third kappa shape index (κ3) is 4.34. The normalized spacial score (nSPS) is 12.0. The number of ether oxygens (including phenoxy) is 1. The van der Waals surface area contributed by atoms with Crippen LogP contribution in [-0.2, 0) is 31.9 Å². The molecule has 25 heavy (non-hydrogen) atoms. The molecule has 1 aromatic carbocycles. The van der Waals surface area contributed by atoms with Crippen molar-refractivity contribution in [2.45, 2.75) is 30.5 Å². The van der Waals surface area contributed by atoms with Crippen LogP contribution in [0.25, 0.3) is 11.0 Å². The number of nitrogens with zero attached hydrogens (tertiary/aromatic N) is 3. The number of hydrogen-bond acceptors (Lipinski definition) is 6. The molecule has 0 aliphatic carbocycles. The van der Waals surface area contributed by atoms with E-state index in [1.807, 2.05) is 0 Å². The number of benzene rings is 1. The highest BCUT2D eigenvalue weighted by Crippen LogP contribution is 2.24. The van der Waals surface area contributed by atoms with Gasteiger partial charge < -0.3 is 9.30 Å². The van der Waals surface area contributed by atoms with Crippen LogP contribution in [0.1, 0.15) is 19.2 Å². The number of carbonyl (C=O) groups excluding carboxylic acids is 1. The van der Waals surface area contributed by atoms with Gasteiger partial charge in [-0.1, -0.05) is 6.92 Å². The first kappa shape index (κ1) is 19.7. The van der Waals surface area contributed by atoms with Gasteiger partial charge >= 0.3 is 5.97 Å². The van der Waals surface area contributed by atoms with E-state index in [1.165, 1.54) is 37.3 Å². The van der Waals surface area contributed by atoms with Gasteiger partial charge in [0.15, 0.2) is 0 Å². The van der Waals surface area contributed by atoms with Crippen LogP contribution in [0.4, 0.5) is 0 Å². The van der Waals surface area contributed by atoms with Crippen LogP contribution in [-0.4, -0.2) is 55.2 Å². The molecule has 0 fully saturated rings. The third-order valence-electron chi connectivity index (χ3n) is 3.70. The minimum absolute atomic E-state index is 0.222. The maximum absolute atomic E-state index is 12.3. The minimum atomic E-state index is -3.50. The van der Waals surface area contributed by atoms with Crippen LogP contribution in [0.5, 0.6) is 0 Å². The summed E-state index contributed by atoms with van der Waals surface area (Å²) in [5, 5.41) is 0. The Hall–Kier alpha value is -1.58. The zero-order valence-corrected chi connectivity index (χ0v) is 16.5. The van der Waals surface area contributed by atoms with Gasteiger partial charge in [0.2, 0.25) is 10.0 Å². The molecule has 0 bridgehead atoms. The number of rotatable bonds is 8. The Bertz CT molecular complexity index is 860. The number of aromatic nitrogens is 2. The maximum Gasteiger partial charge on any atom is 0.315 e. The molecule has 1 heterocycles. The number of carbonyl (C=O) groups is 1. The highest BCUT2D eigenvalue weighted by atomic mass is 32.2. The zero-order chi connectivity index (χ0) is 18.6. The van der Waals surface area contributed by atoms with E-state index in [1.54, 1.807) is 18.2 Å². The minimum Gasteiger partial charge on any atom is -0.468 e. The predicted molar refractivity (Wildman–Crippen MR) is 99.1 cm³/mol. The van der Waals surface area contributed by atoms with Crippen molar-refractivity contribution in [2.24, 2.45) is 0 Å². The molecule has 2 aromatic rings. The number of esters is 1. The molecule has 0 saturated heterocycles. The lowest BCUT2D eigenvalue weighted by Crippen LogP contribution is -2.22.